The van der Waals surface area contributed by atoms with Gasteiger partial charge >= 0.3 is 5.97 Å². The molecule has 5 heteroatoms. The molecule has 0 heterocycles. The summed E-state index contributed by atoms with van der Waals surface area (Å²) >= 11 is 0. The molecule has 1 aromatic carbocycles. The molecule has 0 spiro atoms. The Labute approximate surface area is 106 Å². The highest BCUT2D eigenvalue weighted by molar-refractivity contribution is 5.70. The van der Waals surface area contributed by atoms with Crippen LogP contribution in [0.5, 0.6) is 0 Å². The summed E-state index contributed by atoms with van der Waals surface area (Å²) in [5.74, 6) is -0.857. The second-order valence-corrected chi connectivity index (χ2v) is 4.57. The Hall–Kier alpha value is -1.43. The third-order valence-electron chi connectivity index (χ3n) is 2.92. The smallest absolute Gasteiger partial charge is 0.307 e. The van der Waals surface area contributed by atoms with Crippen LogP contribution in [0.3, 0.4) is 0 Å². The molecule has 0 saturated carbocycles. The lowest BCUT2D eigenvalue weighted by Gasteiger charge is -2.24. The molecule has 0 aliphatic rings. The van der Waals surface area contributed by atoms with Crippen LogP contribution in [0.2, 0.25) is 0 Å². The van der Waals surface area contributed by atoms with Crippen molar-refractivity contribution in [2.75, 3.05) is 13.2 Å². The predicted molar refractivity (Wildman–Crippen MR) is 67.2 cm³/mol. The second kappa shape index (κ2) is 6.49. The molecular formula is C13H19NO4. The Morgan fingerprint density at radius 2 is 1.61 bits per heavy atom. The summed E-state index contributed by atoms with van der Waals surface area (Å²) in [6.07, 6.45) is 1.11. The molecule has 0 fully saturated rings. The monoisotopic (exact) mass is 253 g/mol. The van der Waals surface area contributed by atoms with Gasteiger partial charge in [-0.2, -0.15) is 0 Å². The first-order valence-corrected chi connectivity index (χ1v) is 5.79. The third-order valence-corrected chi connectivity index (χ3v) is 2.92. The van der Waals surface area contributed by atoms with Crippen LogP contribution in [0.4, 0.5) is 0 Å². The lowest BCUT2D eigenvalue weighted by atomic mass is 9.93. The summed E-state index contributed by atoms with van der Waals surface area (Å²) in [7, 11) is 0. The Balaban J connectivity index is 2.56. The van der Waals surface area contributed by atoms with E-state index in [-0.39, 0.29) is 19.6 Å². The molecule has 0 aromatic heterocycles. The summed E-state index contributed by atoms with van der Waals surface area (Å²) in [6.45, 7) is -0.527. The van der Waals surface area contributed by atoms with Crippen LogP contribution >= 0.6 is 0 Å². The van der Waals surface area contributed by atoms with E-state index in [9.17, 15) is 4.79 Å². The lowest BCUT2D eigenvalue weighted by molar-refractivity contribution is -0.136. The molecular weight excluding hydrogens is 234 g/mol. The fraction of sp³-hybridized carbons (Fsp3) is 0.462. The van der Waals surface area contributed by atoms with Gasteiger partial charge in [0.2, 0.25) is 0 Å². The van der Waals surface area contributed by atoms with E-state index in [2.05, 4.69) is 0 Å². The lowest BCUT2D eigenvalue weighted by Crippen LogP contribution is -2.47. The SMILES string of the molecule is NC(CO)(CO)CCc1ccc(CC(=O)O)cc1. The van der Waals surface area contributed by atoms with Crippen molar-refractivity contribution in [2.45, 2.75) is 24.8 Å². The molecule has 0 atom stereocenters. The van der Waals surface area contributed by atoms with Crippen molar-refractivity contribution >= 4 is 5.97 Å². The van der Waals surface area contributed by atoms with Crippen LogP contribution < -0.4 is 5.73 Å². The molecule has 0 bridgehead atoms. The van der Waals surface area contributed by atoms with E-state index < -0.39 is 11.5 Å². The molecule has 18 heavy (non-hydrogen) atoms. The van der Waals surface area contributed by atoms with E-state index in [1.54, 1.807) is 12.1 Å². The summed E-state index contributed by atoms with van der Waals surface area (Å²) < 4.78 is 0. The molecule has 5 nitrogen and oxygen atoms in total. The van der Waals surface area contributed by atoms with Crippen molar-refractivity contribution in [3.63, 3.8) is 0 Å². The van der Waals surface area contributed by atoms with Crippen LogP contribution in [0.25, 0.3) is 0 Å². The van der Waals surface area contributed by atoms with Crippen LogP contribution in [0.1, 0.15) is 17.5 Å². The maximum absolute atomic E-state index is 10.5. The van der Waals surface area contributed by atoms with Crippen LogP contribution in [0.15, 0.2) is 24.3 Å². The van der Waals surface area contributed by atoms with Crippen molar-refractivity contribution in [1.82, 2.24) is 0 Å². The van der Waals surface area contributed by atoms with E-state index in [1.165, 1.54) is 0 Å². The highest BCUT2D eigenvalue weighted by Crippen LogP contribution is 2.13. The molecule has 1 aromatic rings. The van der Waals surface area contributed by atoms with Gasteiger partial charge in [-0.05, 0) is 24.0 Å². The third kappa shape index (κ3) is 4.44. The first-order valence-electron chi connectivity index (χ1n) is 5.79. The summed E-state index contributed by atoms with van der Waals surface area (Å²) in [5.41, 5.74) is 6.55. The zero-order valence-corrected chi connectivity index (χ0v) is 10.2. The van der Waals surface area contributed by atoms with Crippen molar-refractivity contribution < 1.29 is 20.1 Å². The number of hydrogen-bond donors (Lipinski definition) is 4. The van der Waals surface area contributed by atoms with E-state index >= 15 is 0 Å². The van der Waals surface area contributed by atoms with Gasteiger partial charge in [-0.15, -0.1) is 0 Å². The molecule has 5 N–H and O–H groups in total. The highest BCUT2D eigenvalue weighted by atomic mass is 16.4. The minimum absolute atomic E-state index is 0.00832. The molecule has 0 aliphatic heterocycles. The Morgan fingerprint density at radius 1 is 1.11 bits per heavy atom. The first-order chi connectivity index (χ1) is 8.49. The van der Waals surface area contributed by atoms with E-state index in [1.807, 2.05) is 12.1 Å². The Bertz CT molecular complexity index is 384. The fourth-order valence-electron chi connectivity index (χ4n) is 1.60. The Kier molecular flexibility index (Phi) is 5.27. The maximum atomic E-state index is 10.5. The number of nitrogens with two attached hydrogens (primary N) is 1. The number of aliphatic hydroxyl groups excluding tert-OH is 2. The number of rotatable bonds is 7. The quantitative estimate of drug-likeness (QED) is 0.544. The zero-order valence-electron chi connectivity index (χ0n) is 10.2. The molecule has 0 radical (unpaired) electrons. The van der Waals surface area contributed by atoms with Gasteiger partial charge < -0.3 is 21.1 Å². The average molecular weight is 253 g/mol. The number of hydrogen-bond acceptors (Lipinski definition) is 4. The maximum Gasteiger partial charge on any atom is 0.307 e. The molecule has 0 unspecified atom stereocenters. The minimum atomic E-state index is -0.959. The number of carboxylic acid groups (broad SMARTS) is 1. The van der Waals surface area contributed by atoms with Crippen LogP contribution in [-0.4, -0.2) is 40.0 Å². The molecule has 0 aliphatic carbocycles. The summed E-state index contributed by atoms with van der Waals surface area (Å²) in [6, 6.07) is 7.21. The molecule has 0 amide bonds. The second-order valence-electron chi connectivity index (χ2n) is 4.57. The van der Waals surface area contributed by atoms with Gasteiger partial charge in [0.15, 0.2) is 0 Å². The Morgan fingerprint density at radius 3 is 2.06 bits per heavy atom. The van der Waals surface area contributed by atoms with Gasteiger partial charge in [0, 0.05) is 0 Å². The standard InChI is InChI=1S/C13H19NO4/c14-13(8-15,9-16)6-5-10-1-3-11(4-2-10)7-12(17)18/h1-4,15-16H,5-9,14H2,(H,17,18). The number of carboxylic acids is 1. The minimum Gasteiger partial charge on any atom is -0.481 e. The van der Waals surface area contributed by atoms with Crippen LogP contribution in [-0.2, 0) is 17.6 Å². The van der Waals surface area contributed by atoms with Gasteiger partial charge in [-0.1, -0.05) is 24.3 Å². The van der Waals surface area contributed by atoms with E-state index in [0.29, 0.717) is 12.8 Å². The van der Waals surface area contributed by atoms with Crippen LogP contribution in [0, 0.1) is 0 Å². The van der Waals surface area contributed by atoms with Gasteiger partial charge in [0.25, 0.3) is 0 Å². The van der Waals surface area contributed by atoms with Gasteiger partial charge in [0.1, 0.15) is 0 Å². The number of aryl methyl sites for hydroxylation is 1. The highest BCUT2D eigenvalue weighted by Gasteiger charge is 2.22. The largest absolute Gasteiger partial charge is 0.481 e. The van der Waals surface area contributed by atoms with Gasteiger partial charge in [0.05, 0.1) is 25.2 Å². The number of aliphatic hydroxyl groups is 2. The van der Waals surface area contributed by atoms with Crippen molar-refractivity contribution in [1.29, 1.82) is 0 Å². The first kappa shape index (κ1) is 14.6. The topological polar surface area (TPSA) is 104 Å². The predicted octanol–water partition coefficient (Wildman–Crippen LogP) is -0.0716. The van der Waals surface area contributed by atoms with Crippen molar-refractivity contribution in [2.24, 2.45) is 5.73 Å². The molecule has 0 saturated heterocycles. The normalized spacial score (nSPS) is 11.5. The number of carbonyl (C=O) groups is 1. The van der Waals surface area contributed by atoms with E-state index in [0.717, 1.165) is 11.1 Å². The number of benzene rings is 1. The molecule has 1 rings (SSSR count). The van der Waals surface area contributed by atoms with E-state index in [4.69, 9.17) is 21.1 Å². The average Bonchev–Trinajstić information content (AvgIpc) is 2.37. The zero-order chi connectivity index (χ0) is 13.6. The molecule has 100 valence electrons. The fourth-order valence-corrected chi connectivity index (χ4v) is 1.60. The van der Waals surface area contributed by atoms with Crippen molar-refractivity contribution in [3.8, 4) is 0 Å². The number of aliphatic carboxylic acids is 1. The summed E-state index contributed by atoms with van der Waals surface area (Å²) in [4.78, 5) is 10.5. The summed E-state index contributed by atoms with van der Waals surface area (Å²) in [5, 5.41) is 26.8. The van der Waals surface area contributed by atoms with Crippen molar-refractivity contribution in [3.05, 3.63) is 35.4 Å². The van der Waals surface area contributed by atoms with Gasteiger partial charge in [-0.3, -0.25) is 4.79 Å². The van der Waals surface area contributed by atoms with Gasteiger partial charge in [-0.25, -0.2) is 0 Å².